The van der Waals surface area contributed by atoms with Crippen molar-refractivity contribution < 1.29 is 14.3 Å². The molecule has 1 aromatic carbocycles. The third-order valence-corrected chi connectivity index (χ3v) is 3.10. The minimum atomic E-state index is -0.517. The lowest BCUT2D eigenvalue weighted by Crippen LogP contribution is -2.06. The second-order valence-electron chi connectivity index (χ2n) is 4.87. The molecule has 8 heteroatoms. The fourth-order valence-electron chi connectivity index (χ4n) is 2.07. The maximum atomic E-state index is 11.9. The van der Waals surface area contributed by atoms with Crippen LogP contribution >= 0.6 is 0 Å². The fraction of sp³-hybridized carbons (Fsp3) is 0.188. The van der Waals surface area contributed by atoms with Crippen LogP contribution in [-0.4, -0.2) is 38.0 Å². The van der Waals surface area contributed by atoms with E-state index < -0.39 is 5.97 Å². The van der Waals surface area contributed by atoms with Crippen molar-refractivity contribution in [1.29, 1.82) is 0 Å². The number of H-pyrrole nitrogens is 1. The number of hydrogen-bond donors (Lipinski definition) is 1. The predicted octanol–water partition coefficient (Wildman–Crippen LogP) is 2.54. The number of nitrogens with one attached hydrogen (secondary N) is 1. The van der Waals surface area contributed by atoms with Crippen molar-refractivity contribution >= 4 is 5.97 Å². The molecule has 0 bridgehead atoms. The molecule has 0 atom stereocenters. The van der Waals surface area contributed by atoms with E-state index in [2.05, 4.69) is 25.4 Å². The van der Waals surface area contributed by atoms with Gasteiger partial charge in [-0.3, -0.25) is 4.98 Å². The maximum absolute atomic E-state index is 11.9. The third kappa shape index (κ3) is 3.37. The first-order valence-electron chi connectivity index (χ1n) is 7.32. The summed E-state index contributed by atoms with van der Waals surface area (Å²) in [6, 6.07) is 7.06. The van der Waals surface area contributed by atoms with E-state index in [0.29, 0.717) is 17.3 Å². The number of ether oxygens (including phenoxy) is 2. The van der Waals surface area contributed by atoms with Crippen LogP contribution < -0.4 is 4.74 Å². The summed E-state index contributed by atoms with van der Waals surface area (Å²) in [6.45, 7) is 3.85. The zero-order valence-electron chi connectivity index (χ0n) is 13.2. The maximum Gasteiger partial charge on any atom is 0.361 e. The highest BCUT2D eigenvalue weighted by Gasteiger charge is 2.18. The fourth-order valence-corrected chi connectivity index (χ4v) is 2.07. The normalized spacial score (nSPS) is 10.4. The van der Waals surface area contributed by atoms with Crippen LogP contribution in [0.2, 0.25) is 0 Å². The summed E-state index contributed by atoms with van der Waals surface area (Å²) in [6.07, 6.45) is 3.19. The number of nitrogens with zero attached hydrogens (tertiary/aromatic N) is 4. The van der Waals surface area contributed by atoms with Crippen molar-refractivity contribution in [1.82, 2.24) is 25.4 Å². The molecule has 2 aromatic heterocycles. The molecule has 0 radical (unpaired) electrons. The van der Waals surface area contributed by atoms with E-state index in [1.165, 1.54) is 6.20 Å². The number of carbonyl (C=O) groups excluding carboxylic acids is 1. The Balaban J connectivity index is 1.80. The monoisotopic (exact) mass is 325 g/mol. The molecule has 8 nitrogen and oxygen atoms in total. The van der Waals surface area contributed by atoms with Gasteiger partial charge in [0.25, 0.3) is 0 Å². The first-order valence-corrected chi connectivity index (χ1v) is 7.32. The Morgan fingerprint density at radius 2 is 1.96 bits per heavy atom. The molecule has 24 heavy (non-hydrogen) atoms. The number of hydrogen-bond acceptors (Lipinski definition) is 7. The standard InChI is InChI=1S/C16H15N5O3/c1-3-23-16(22)15-14(19-21-20-15)11-4-6-12(7-5-11)24-13-9-17-8-10(2)18-13/h4-9H,3H2,1-2H3,(H,19,20,21). The highest BCUT2D eigenvalue weighted by Crippen LogP contribution is 2.25. The van der Waals surface area contributed by atoms with Crippen LogP contribution in [-0.2, 0) is 4.74 Å². The average Bonchev–Trinajstić information content (AvgIpc) is 3.05. The van der Waals surface area contributed by atoms with Crippen LogP contribution in [0.1, 0.15) is 23.1 Å². The molecule has 0 saturated heterocycles. The zero-order chi connectivity index (χ0) is 16.9. The quantitative estimate of drug-likeness (QED) is 0.719. The van der Waals surface area contributed by atoms with Gasteiger partial charge in [0, 0.05) is 11.8 Å². The number of carbonyl (C=O) groups is 1. The number of esters is 1. The molecular formula is C16H15N5O3. The van der Waals surface area contributed by atoms with Gasteiger partial charge in [0.15, 0.2) is 5.69 Å². The summed E-state index contributed by atoms with van der Waals surface area (Å²) in [5.41, 5.74) is 2.06. The Bertz CT molecular complexity index is 845. The summed E-state index contributed by atoms with van der Waals surface area (Å²) < 4.78 is 10.6. The van der Waals surface area contributed by atoms with Gasteiger partial charge < -0.3 is 9.47 Å². The van der Waals surface area contributed by atoms with Crippen LogP contribution in [0.5, 0.6) is 11.6 Å². The Morgan fingerprint density at radius 3 is 2.67 bits per heavy atom. The summed E-state index contributed by atoms with van der Waals surface area (Å²) in [5.74, 6) is 0.493. The molecule has 0 amide bonds. The van der Waals surface area contributed by atoms with E-state index in [-0.39, 0.29) is 12.3 Å². The van der Waals surface area contributed by atoms with Crippen LogP contribution in [0.15, 0.2) is 36.7 Å². The van der Waals surface area contributed by atoms with Gasteiger partial charge in [0.1, 0.15) is 11.4 Å². The SMILES string of the molecule is CCOC(=O)c1n[nH]nc1-c1ccc(Oc2cncc(C)n2)cc1. The second-order valence-corrected chi connectivity index (χ2v) is 4.87. The number of aromatic nitrogens is 5. The molecule has 0 aliphatic rings. The van der Waals surface area contributed by atoms with Crippen molar-refractivity contribution in [3.05, 3.63) is 48.0 Å². The van der Waals surface area contributed by atoms with Crippen LogP contribution in [0, 0.1) is 6.92 Å². The third-order valence-electron chi connectivity index (χ3n) is 3.10. The second kappa shape index (κ2) is 6.86. The van der Waals surface area contributed by atoms with Gasteiger partial charge >= 0.3 is 5.97 Å². The minimum Gasteiger partial charge on any atom is -0.461 e. The molecule has 0 aliphatic carbocycles. The number of aromatic amines is 1. The highest BCUT2D eigenvalue weighted by molar-refractivity contribution is 5.93. The zero-order valence-corrected chi connectivity index (χ0v) is 13.2. The van der Waals surface area contributed by atoms with Crippen molar-refractivity contribution in [3.63, 3.8) is 0 Å². The predicted molar refractivity (Wildman–Crippen MR) is 84.6 cm³/mol. The average molecular weight is 325 g/mol. The van der Waals surface area contributed by atoms with Gasteiger partial charge in [-0.1, -0.05) is 0 Å². The van der Waals surface area contributed by atoms with Crippen molar-refractivity contribution in [2.45, 2.75) is 13.8 Å². The van der Waals surface area contributed by atoms with Gasteiger partial charge in [-0.25, -0.2) is 9.78 Å². The van der Waals surface area contributed by atoms with Gasteiger partial charge in [-0.05, 0) is 38.1 Å². The molecule has 0 spiro atoms. The minimum absolute atomic E-state index is 0.148. The lowest BCUT2D eigenvalue weighted by molar-refractivity contribution is 0.0520. The van der Waals surface area contributed by atoms with E-state index in [4.69, 9.17) is 9.47 Å². The van der Waals surface area contributed by atoms with Gasteiger partial charge in [-0.15, -0.1) is 5.10 Å². The van der Waals surface area contributed by atoms with Gasteiger partial charge in [0.2, 0.25) is 5.88 Å². The lowest BCUT2D eigenvalue weighted by Gasteiger charge is -2.06. The van der Waals surface area contributed by atoms with E-state index in [1.54, 1.807) is 37.4 Å². The molecule has 0 fully saturated rings. The van der Waals surface area contributed by atoms with Gasteiger partial charge in [-0.2, -0.15) is 10.3 Å². The van der Waals surface area contributed by atoms with Gasteiger partial charge in [0.05, 0.1) is 18.5 Å². The molecule has 0 aliphatic heterocycles. The molecule has 0 unspecified atom stereocenters. The first-order chi connectivity index (χ1) is 11.7. The molecule has 3 rings (SSSR count). The Hall–Kier alpha value is -3.29. The van der Waals surface area contributed by atoms with Crippen LogP contribution in [0.3, 0.4) is 0 Å². The summed E-state index contributed by atoms with van der Waals surface area (Å²) in [5, 5.41) is 10.3. The summed E-state index contributed by atoms with van der Waals surface area (Å²) >= 11 is 0. The molecule has 2 heterocycles. The molecular weight excluding hydrogens is 310 g/mol. The highest BCUT2D eigenvalue weighted by atomic mass is 16.5. The van der Waals surface area contributed by atoms with E-state index >= 15 is 0 Å². The molecule has 1 N–H and O–H groups in total. The number of rotatable bonds is 5. The Morgan fingerprint density at radius 1 is 1.17 bits per heavy atom. The topological polar surface area (TPSA) is 103 Å². The number of aryl methyl sites for hydroxylation is 1. The van der Waals surface area contributed by atoms with Crippen molar-refractivity contribution in [2.75, 3.05) is 6.61 Å². The van der Waals surface area contributed by atoms with E-state index in [9.17, 15) is 4.79 Å². The number of benzene rings is 1. The molecule has 0 saturated carbocycles. The van der Waals surface area contributed by atoms with Crippen molar-refractivity contribution in [2.24, 2.45) is 0 Å². The Kier molecular flexibility index (Phi) is 4.46. The summed E-state index contributed by atoms with van der Waals surface area (Å²) in [4.78, 5) is 20.1. The summed E-state index contributed by atoms with van der Waals surface area (Å²) in [7, 11) is 0. The van der Waals surface area contributed by atoms with E-state index in [0.717, 1.165) is 11.3 Å². The lowest BCUT2D eigenvalue weighted by atomic mass is 10.1. The largest absolute Gasteiger partial charge is 0.461 e. The molecule has 3 aromatic rings. The Labute approximate surface area is 137 Å². The molecule has 122 valence electrons. The first kappa shape index (κ1) is 15.6. The van der Waals surface area contributed by atoms with Crippen LogP contribution in [0.25, 0.3) is 11.3 Å². The van der Waals surface area contributed by atoms with Crippen LogP contribution in [0.4, 0.5) is 0 Å². The van der Waals surface area contributed by atoms with E-state index in [1.807, 2.05) is 6.92 Å². The van der Waals surface area contributed by atoms with Crippen molar-refractivity contribution in [3.8, 4) is 22.9 Å². The smallest absolute Gasteiger partial charge is 0.361 e.